The van der Waals surface area contributed by atoms with Crippen molar-refractivity contribution in [2.75, 3.05) is 25.6 Å². The quantitative estimate of drug-likeness (QED) is 0.829. The molecule has 26 heavy (non-hydrogen) atoms. The van der Waals surface area contributed by atoms with Crippen molar-refractivity contribution in [1.29, 1.82) is 0 Å². The van der Waals surface area contributed by atoms with Gasteiger partial charge >= 0.3 is 0 Å². The fourth-order valence-electron chi connectivity index (χ4n) is 2.65. The standard InChI is InChI=1S/C20H23N3O3/c1-14-7-5-6-8-18(14)25-13-19-23(15(2)24)21-20(26-19)16-9-11-17(12-10-16)22(3)4/h5-12,19H,13H2,1-4H3/t19-/m0/s1. The maximum Gasteiger partial charge on any atom is 0.243 e. The Kier molecular flexibility index (Phi) is 5.11. The topological polar surface area (TPSA) is 54.4 Å². The monoisotopic (exact) mass is 353 g/mol. The average molecular weight is 353 g/mol. The Morgan fingerprint density at radius 3 is 2.50 bits per heavy atom. The summed E-state index contributed by atoms with van der Waals surface area (Å²) in [6.45, 7) is 3.64. The highest BCUT2D eigenvalue weighted by Crippen LogP contribution is 2.22. The molecule has 0 radical (unpaired) electrons. The Morgan fingerprint density at radius 2 is 1.88 bits per heavy atom. The summed E-state index contributed by atoms with van der Waals surface area (Å²) in [4.78, 5) is 13.9. The maximum absolute atomic E-state index is 11.9. The van der Waals surface area contributed by atoms with Crippen molar-refractivity contribution in [2.24, 2.45) is 5.10 Å². The van der Waals surface area contributed by atoms with E-state index in [4.69, 9.17) is 9.47 Å². The minimum atomic E-state index is -0.587. The van der Waals surface area contributed by atoms with E-state index in [-0.39, 0.29) is 12.5 Å². The summed E-state index contributed by atoms with van der Waals surface area (Å²) >= 11 is 0. The highest BCUT2D eigenvalue weighted by atomic mass is 16.6. The molecule has 1 heterocycles. The zero-order chi connectivity index (χ0) is 18.7. The number of aryl methyl sites for hydroxylation is 1. The highest BCUT2D eigenvalue weighted by Gasteiger charge is 2.32. The second-order valence-corrected chi connectivity index (χ2v) is 6.36. The number of para-hydroxylation sites is 1. The van der Waals surface area contributed by atoms with E-state index < -0.39 is 6.23 Å². The Labute approximate surface area is 153 Å². The van der Waals surface area contributed by atoms with Crippen molar-refractivity contribution >= 4 is 17.5 Å². The van der Waals surface area contributed by atoms with Gasteiger partial charge in [0.1, 0.15) is 12.4 Å². The van der Waals surface area contributed by atoms with E-state index in [9.17, 15) is 4.79 Å². The summed E-state index contributed by atoms with van der Waals surface area (Å²) in [7, 11) is 3.96. The first-order valence-corrected chi connectivity index (χ1v) is 8.47. The zero-order valence-electron chi connectivity index (χ0n) is 15.5. The van der Waals surface area contributed by atoms with Gasteiger partial charge in [0, 0.05) is 32.3 Å². The predicted octanol–water partition coefficient (Wildman–Crippen LogP) is 3.01. The van der Waals surface area contributed by atoms with Crippen LogP contribution in [-0.2, 0) is 9.53 Å². The van der Waals surface area contributed by atoms with Crippen LogP contribution in [0.5, 0.6) is 5.75 Å². The molecule has 0 bridgehead atoms. The van der Waals surface area contributed by atoms with Crippen molar-refractivity contribution in [1.82, 2.24) is 5.01 Å². The minimum Gasteiger partial charge on any atom is -0.487 e. The second-order valence-electron chi connectivity index (χ2n) is 6.36. The van der Waals surface area contributed by atoms with E-state index >= 15 is 0 Å². The molecule has 6 heteroatoms. The van der Waals surface area contributed by atoms with E-state index in [0.717, 1.165) is 22.6 Å². The van der Waals surface area contributed by atoms with Crippen LogP contribution in [0.2, 0.25) is 0 Å². The van der Waals surface area contributed by atoms with Gasteiger partial charge in [0.25, 0.3) is 0 Å². The lowest BCUT2D eigenvalue weighted by Gasteiger charge is -2.20. The van der Waals surface area contributed by atoms with Crippen molar-refractivity contribution in [3.8, 4) is 5.75 Å². The van der Waals surface area contributed by atoms with Crippen LogP contribution in [0.4, 0.5) is 5.69 Å². The number of benzene rings is 2. The van der Waals surface area contributed by atoms with Gasteiger partial charge in [-0.05, 0) is 42.8 Å². The Morgan fingerprint density at radius 1 is 1.19 bits per heavy atom. The third kappa shape index (κ3) is 3.79. The molecule has 2 aromatic rings. The summed E-state index contributed by atoms with van der Waals surface area (Å²) in [5.41, 5.74) is 2.93. The van der Waals surface area contributed by atoms with Gasteiger partial charge in [0.2, 0.25) is 18.0 Å². The third-order valence-electron chi connectivity index (χ3n) is 4.15. The van der Waals surface area contributed by atoms with Gasteiger partial charge in [-0.2, -0.15) is 5.01 Å². The molecule has 3 rings (SSSR count). The van der Waals surface area contributed by atoms with Gasteiger partial charge < -0.3 is 14.4 Å². The molecular weight excluding hydrogens is 330 g/mol. The van der Waals surface area contributed by atoms with Crippen LogP contribution in [0.3, 0.4) is 0 Å². The molecule has 136 valence electrons. The molecule has 0 aromatic heterocycles. The smallest absolute Gasteiger partial charge is 0.243 e. The molecule has 0 unspecified atom stereocenters. The molecule has 1 amide bonds. The van der Waals surface area contributed by atoms with Crippen LogP contribution >= 0.6 is 0 Å². The summed E-state index contributed by atoms with van der Waals surface area (Å²) in [5, 5.41) is 5.66. The molecule has 2 aromatic carbocycles. The van der Waals surface area contributed by atoms with E-state index in [1.165, 1.54) is 11.9 Å². The molecular formula is C20H23N3O3. The van der Waals surface area contributed by atoms with E-state index in [0.29, 0.717) is 5.90 Å². The number of carbonyl (C=O) groups is 1. The van der Waals surface area contributed by atoms with Crippen LogP contribution < -0.4 is 9.64 Å². The number of hydrazone groups is 1. The first-order valence-electron chi connectivity index (χ1n) is 8.47. The van der Waals surface area contributed by atoms with Crippen molar-refractivity contribution in [3.05, 3.63) is 59.7 Å². The molecule has 0 aliphatic carbocycles. The molecule has 0 saturated carbocycles. The van der Waals surface area contributed by atoms with E-state index in [1.54, 1.807) is 0 Å². The van der Waals surface area contributed by atoms with Crippen LogP contribution in [0.1, 0.15) is 18.1 Å². The number of hydrogen-bond donors (Lipinski definition) is 0. The normalized spacial score (nSPS) is 16.1. The number of rotatable bonds is 5. The summed E-state index contributed by atoms with van der Waals surface area (Å²) in [6, 6.07) is 15.6. The Bertz CT molecular complexity index is 815. The van der Waals surface area contributed by atoms with Crippen molar-refractivity contribution in [2.45, 2.75) is 20.1 Å². The second kappa shape index (κ2) is 7.47. The first-order chi connectivity index (χ1) is 12.5. The highest BCUT2D eigenvalue weighted by molar-refractivity contribution is 5.96. The zero-order valence-corrected chi connectivity index (χ0v) is 15.5. The molecule has 1 atom stereocenters. The van der Waals surface area contributed by atoms with Gasteiger partial charge in [-0.3, -0.25) is 4.79 Å². The molecule has 0 spiro atoms. The number of ether oxygens (including phenoxy) is 2. The van der Waals surface area contributed by atoms with Gasteiger partial charge in [0.05, 0.1) is 0 Å². The lowest BCUT2D eigenvalue weighted by Crippen LogP contribution is -2.36. The lowest BCUT2D eigenvalue weighted by atomic mass is 10.2. The molecule has 0 N–H and O–H groups in total. The van der Waals surface area contributed by atoms with Crippen molar-refractivity contribution < 1.29 is 14.3 Å². The van der Waals surface area contributed by atoms with Crippen LogP contribution in [0.15, 0.2) is 53.6 Å². The van der Waals surface area contributed by atoms with Crippen molar-refractivity contribution in [3.63, 3.8) is 0 Å². The van der Waals surface area contributed by atoms with Gasteiger partial charge in [-0.25, -0.2) is 0 Å². The largest absolute Gasteiger partial charge is 0.487 e. The predicted molar refractivity (Wildman–Crippen MR) is 101 cm³/mol. The van der Waals surface area contributed by atoms with Gasteiger partial charge in [-0.15, -0.1) is 5.10 Å². The number of carbonyl (C=O) groups excluding carboxylic acids is 1. The van der Waals surface area contributed by atoms with E-state index in [2.05, 4.69) is 5.10 Å². The number of nitrogens with zero attached hydrogens (tertiary/aromatic N) is 3. The molecule has 1 aliphatic rings. The summed E-state index contributed by atoms with van der Waals surface area (Å²) in [6.07, 6.45) is -0.587. The SMILES string of the molecule is CC(=O)N1N=C(c2ccc(N(C)C)cc2)O[C@H]1COc1ccccc1C. The fraction of sp³-hybridized carbons (Fsp3) is 0.300. The lowest BCUT2D eigenvalue weighted by molar-refractivity contribution is -0.136. The molecule has 1 aliphatic heterocycles. The Hall–Kier alpha value is -3.02. The van der Waals surface area contributed by atoms with E-state index in [1.807, 2.05) is 74.4 Å². The first kappa shape index (κ1) is 17.8. The maximum atomic E-state index is 11.9. The van der Waals surface area contributed by atoms with Crippen LogP contribution in [0, 0.1) is 6.92 Å². The summed E-state index contributed by atoms with van der Waals surface area (Å²) in [5.74, 6) is 0.996. The molecule has 0 fully saturated rings. The Balaban J connectivity index is 1.73. The van der Waals surface area contributed by atoms with Gasteiger partial charge in [0.15, 0.2) is 0 Å². The summed E-state index contributed by atoms with van der Waals surface area (Å²) < 4.78 is 11.7. The van der Waals surface area contributed by atoms with Gasteiger partial charge in [-0.1, -0.05) is 18.2 Å². The third-order valence-corrected chi connectivity index (χ3v) is 4.15. The number of amides is 1. The van der Waals surface area contributed by atoms with Crippen LogP contribution in [0.25, 0.3) is 0 Å². The molecule has 0 saturated heterocycles. The number of anilines is 1. The molecule has 6 nitrogen and oxygen atoms in total. The van der Waals surface area contributed by atoms with Crippen LogP contribution in [-0.4, -0.2) is 43.7 Å². The average Bonchev–Trinajstić information content (AvgIpc) is 3.06. The fourth-order valence-corrected chi connectivity index (χ4v) is 2.65. The number of hydrogen-bond acceptors (Lipinski definition) is 5. The minimum absolute atomic E-state index is 0.191.